The van der Waals surface area contributed by atoms with Crippen LogP contribution in [0.4, 0.5) is 0 Å². The van der Waals surface area contributed by atoms with Crippen molar-refractivity contribution in [2.75, 3.05) is 26.5 Å². The van der Waals surface area contributed by atoms with Crippen LogP contribution in [0.15, 0.2) is 46.0 Å². The highest BCUT2D eigenvalue weighted by Crippen LogP contribution is 2.25. The lowest BCUT2D eigenvalue weighted by Gasteiger charge is -2.23. The van der Waals surface area contributed by atoms with Crippen molar-refractivity contribution in [3.8, 4) is 5.75 Å². The normalized spacial score (nSPS) is 15.5. The summed E-state index contributed by atoms with van der Waals surface area (Å²) in [5.41, 5.74) is 3.66. The first-order chi connectivity index (χ1) is 11.9. The Morgan fingerprint density at radius 2 is 1.96 bits per heavy atom. The van der Waals surface area contributed by atoms with Gasteiger partial charge in [0.25, 0.3) is 0 Å². The van der Waals surface area contributed by atoms with Crippen molar-refractivity contribution >= 4 is 20.9 Å². The van der Waals surface area contributed by atoms with Gasteiger partial charge in [-0.15, -0.1) is 0 Å². The van der Waals surface area contributed by atoms with Gasteiger partial charge in [-0.1, -0.05) is 0 Å². The summed E-state index contributed by atoms with van der Waals surface area (Å²) in [6.45, 7) is 4.36. The van der Waals surface area contributed by atoms with E-state index in [1.807, 2.05) is 13.8 Å². The first kappa shape index (κ1) is 17.3. The number of methoxy groups -OCH3 is 2. The number of nitrogens with zero attached hydrogens (tertiary/aromatic N) is 1. The van der Waals surface area contributed by atoms with E-state index < -0.39 is 9.84 Å². The Hall–Kier alpha value is -2.48. The molecule has 0 unspecified atom stereocenters. The number of ether oxygens (including phenoxy) is 2. The fraction of sp³-hybridized carbons (Fsp3) is 0.353. The second-order valence-corrected chi connectivity index (χ2v) is 7.86. The van der Waals surface area contributed by atoms with Crippen molar-refractivity contribution < 1.29 is 17.9 Å². The number of aromatic amines is 1. The molecule has 0 radical (unpaired) electrons. The monoisotopic (exact) mass is 363 g/mol. The Morgan fingerprint density at radius 3 is 2.64 bits per heavy atom. The number of nitrogens with one attached hydrogen (secondary N) is 2. The van der Waals surface area contributed by atoms with E-state index >= 15 is 0 Å². The molecule has 2 aromatic rings. The first-order valence-electron chi connectivity index (χ1n) is 7.80. The van der Waals surface area contributed by atoms with Crippen molar-refractivity contribution in [2.45, 2.75) is 19.0 Å². The summed E-state index contributed by atoms with van der Waals surface area (Å²) >= 11 is 0. The Bertz CT molecular complexity index is 986. The smallest absolute Gasteiger partial charge is 0.226 e. The van der Waals surface area contributed by atoms with Crippen LogP contribution in [0.1, 0.15) is 13.8 Å². The van der Waals surface area contributed by atoms with E-state index in [2.05, 4.69) is 15.3 Å². The second kappa shape index (κ2) is 6.44. The fourth-order valence-electron chi connectivity index (χ4n) is 2.89. The zero-order valence-electron chi connectivity index (χ0n) is 14.6. The van der Waals surface area contributed by atoms with E-state index in [9.17, 15) is 8.42 Å². The number of H-pyrrole nitrogens is 1. The number of allylic oxidation sites excluding steroid dienone is 1. The third kappa shape index (κ3) is 3.21. The molecular formula is C17H21N3O4S. The zero-order valence-corrected chi connectivity index (χ0v) is 15.5. The predicted molar refractivity (Wildman–Crippen MR) is 95.1 cm³/mol. The minimum Gasteiger partial charge on any atom is -0.497 e. The van der Waals surface area contributed by atoms with Crippen molar-refractivity contribution in [3.63, 3.8) is 0 Å². The molecular weight excluding hydrogens is 342 g/mol. The molecule has 1 aromatic heterocycles. The SMILES string of the molecule is COC1=C(C)CNC(CS(=O)(=O)c2nc3ccc(OC)cc3[nH]2)=C1C. The number of hydrogen-bond acceptors (Lipinski definition) is 6. The third-order valence-corrected chi connectivity index (χ3v) is 5.70. The molecule has 25 heavy (non-hydrogen) atoms. The standard InChI is InChI=1S/C17H21N3O4S/c1-10-8-18-15(11(2)16(10)24-4)9-25(21,22)17-19-13-6-5-12(23-3)7-14(13)20-17/h5-7,18H,8-9H2,1-4H3,(H,19,20). The molecule has 2 N–H and O–H groups in total. The van der Waals surface area contributed by atoms with Gasteiger partial charge in [-0.05, 0) is 31.6 Å². The van der Waals surface area contributed by atoms with E-state index in [1.54, 1.807) is 32.4 Å². The molecule has 1 aromatic carbocycles. The molecule has 0 fully saturated rings. The van der Waals surface area contributed by atoms with Gasteiger partial charge >= 0.3 is 0 Å². The molecule has 0 spiro atoms. The first-order valence-corrected chi connectivity index (χ1v) is 9.45. The van der Waals surface area contributed by atoms with Crippen LogP contribution >= 0.6 is 0 Å². The van der Waals surface area contributed by atoms with Crippen molar-refractivity contribution in [2.24, 2.45) is 0 Å². The van der Waals surface area contributed by atoms with E-state index in [1.165, 1.54) is 0 Å². The maximum absolute atomic E-state index is 12.8. The fourth-order valence-corrected chi connectivity index (χ4v) is 4.23. The molecule has 0 atom stereocenters. The Balaban J connectivity index is 1.96. The molecule has 3 rings (SSSR count). The van der Waals surface area contributed by atoms with Gasteiger partial charge in [0, 0.05) is 23.9 Å². The number of rotatable bonds is 5. The van der Waals surface area contributed by atoms with Crippen LogP contribution < -0.4 is 10.1 Å². The molecule has 0 bridgehead atoms. The van der Waals surface area contributed by atoms with Crippen LogP contribution in [-0.4, -0.2) is 44.9 Å². The third-order valence-electron chi connectivity index (χ3n) is 4.25. The topological polar surface area (TPSA) is 93.3 Å². The van der Waals surface area contributed by atoms with Crippen LogP contribution in [0.3, 0.4) is 0 Å². The number of fused-ring (bicyclic) bond motifs is 1. The lowest BCUT2D eigenvalue weighted by atomic mass is 10.1. The maximum Gasteiger partial charge on any atom is 0.226 e. The predicted octanol–water partition coefficient (Wildman–Crippen LogP) is 2.14. The number of dihydropyridines is 1. The number of benzene rings is 1. The molecule has 7 nitrogen and oxygen atoms in total. The highest BCUT2D eigenvalue weighted by Gasteiger charge is 2.25. The summed E-state index contributed by atoms with van der Waals surface area (Å²) in [5, 5.41) is 3.11. The minimum atomic E-state index is -3.63. The van der Waals surface area contributed by atoms with Crippen LogP contribution in [0, 0.1) is 0 Å². The van der Waals surface area contributed by atoms with E-state index in [0.29, 0.717) is 29.0 Å². The Morgan fingerprint density at radius 1 is 1.20 bits per heavy atom. The van der Waals surface area contributed by atoms with Gasteiger partial charge in [0.2, 0.25) is 15.0 Å². The van der Waals surface area contributed by atoms with Gasteiger partial charge in [-0.25, -0.2) is 13.4 Å². The van der Waals surface area contributed by atoms with Crippen molar-refractivity contribution in [1.82, 2.24) is 15.3 Å². The molecule has 0 saturated carbocycles. The van der Waals surface area contributed by atoms with Crippen LogP contribution in [-0.2, 0) is 14.6 Å². The van der Waals surface area contributed by atoms with Crippen molar-refractivity contribution in [1.29, 1.82) is 0 Å². The van der Waals surface area contributed by atoms with E-state index in [4.69, 9.17) is 9.47 Å². The van der Waals surface area contributed by atoms with E-state index in [-0.39, 0.29) is 10.9 Å². The van der Waals surface area contributed by atoms with Gasteiger partial charge in [0.15, 0.2) is 0 Å². The van der Waals surface area contributed by atoms with Crippen LogP contribution in [0.2, 0.25) is 0 Å². The summed E-state index contributed by atoms with van der Waals surface area (Å²) < 4.78 is 36.1. The van der Waals surface area contributed by atoms with Gasteiger partial charge in [0.1, 0.15) is 11.5 Å². The molecule has 0 saturated heterocycles. The molecule has 2 heterocycles. The molecule has 134 valence electrons. The summed E-state index contributed by atoms with van der Waals surface area (Å²) in [5.74, 6) is 1.20. The lowest BCUT2D eigenvalue weighted by Crippen LogP contribution is -2.29. The Kier molecular flexibility index (Phi) is 4.47. The summed E-state index contributed by atoms with van der Waals surface area (Å²) in [4.78, 5) is 7.09. The molecule has 0 aliphatic carbocycles. The summed E-state index contributed by atoms with van der Waals surface area (Å²) in [7, 11) is -0.482. The van der Waals surface area contributed by atoms with Gasteiger partial charge < -0.3 is 19.8 Å². The highest BCUT2D eigenvalue weighted by atomic mass is 32.2. The quantitative estimate of drug-likeness (QED) is 0.845. The van der Waals surface area contributed by atoms with Crippen molar-refractivity contribution in [3.05, 3.63) is 40.8 Å². The largest absolute Gasteiger partial charge is 0.497 e. The zero-order chi connectivity index (χ0) is 18.2. The summed E-state index contributed by atoms with van der Waals surface area (Å²) in [6.07, 6.45) is 0. The summed E-state index contributed by atoms with van der Waals surface area (Å²) in [6, 6.07) is 5.19. The molecule has 1 aliphatic heterocycles. The highest BCUT2D eigenvalue weighted by molar-refractivity contribution is 7.91. The molecule has 1 aliphatic rings. The van der Waals surface area contributed by atoms with Gasteiger partial charge in [-0.2, -0.15) is 0 Å². The number of aromatic nitrogens is 2. The number of sulfone groups is 1. The van der Waals surface area contributed by atoms with E-state index in [0.717, 1.165) is 16.9 Å². The van der Waals surface area contributed by atoms with Crippen LogP contribution in [0.5, 0.6) is 5.75 Å². The number of hydrogen-bond donors (Lipinski definition) is 2. The van der Waals surface area contributed by atoms with Crippen LogP contribution in [0.25, 0.3) is 11.0 Å². The Labute approximate surface area is 146 Å². The minimum absolute atomic E-state index is 0.0527. The molecule has 8 heteroatoms. The molecule has 0 amide bonds. The average Bonchev–Trinajstić information content (AvgIpc) is 3.02. The maximum atomic E-state index is 12.8. The van der Waals surface area contributed by atoms with Gasteiger partial charge in [0.05, 0.1) is 31.0 Å². The van der Waals surface area contributed by atoms with Gasteiger partial charge in [-0.3, -0.25) is 0 Å². The number of imidazole rings is 1. The average molecular weight is 363 g/mol. The second-order valence-electron chi connectivity index (χ2n) is 5.95. The lowest BCUT2D eigenvalue weighted by molar-refractivity contribution is 0.291.